The van der Waals surface area contributed by atoms with Gasteiger partial charge in [-0.15, -0.1) is 0 Å². The number of carbonyl (C=O) groups excluding carboxylic acids is 6. The largest absolute Gasteiger partial charge is 0.460 e. The van der Waals surface area contributed by atoms with Gasteiger partial charge in [0, 0.05) is 37.1 Å². The van der Waals surface area contributed by atoms with E-state index in [0.717, 1.165) is 0 Å². The highest BCUT2D eigenvalue weighted by Gasteiger charge is 2.26. The molecule has 270 valence electrons. The molecule has 4 amide bonds. The zero-order valence-corrected chi connectivity index (χ0v) is 30.5. The number of benzene rings is 1. The van der Waals surface area contributed by atoms with Crippen molar-refractivity contribution in [2.45, 2.75) is 144 Å². The fourth-order valence-electron chi connectivity index (χ4n) is 4.47. The highest BCUT2D eigenvalue weighted by molar-refractivity contribution is 5.97. The van der Waals surface area contributed by atoms with Crippen molar-refractivity contribution >= 4 is 46.9 Å². The monoisotopic (exact) mass is 674 g/mol. The summed E-state index contributed by atoms with van der Waals surface area (Å²) in [5.41, 5.74) is -0.668. The van der Waals surface area contributed by atoms with E-state index in [4.69, 9.17) is 9.47 Å². The minimum absolute atomic E-state index is 0.0388. The number of carbonyl (C=O) groups is 6. The molecule has 12 heteroatoms. The predicted molar refractivity (Wildman–Crippen MR) is 187 cm³/mol. The van der Waals surface area contributed by atoms with E-state index in [2.05, 4.69) is 21.3 Å². The van der Waals surface area contributed by atoms with Gasteiger partial charge in [-0.05, 0) is 97.3 Å². The Bertz CT molecular complexity index is 1160. The van der Waals surface area contributed by atoms with Gasteiger partial charge in [0.25, 0.3) is 0 Å². The van der Waals surface area contributed by atoms with Gasteiger partial charge in [-0.2, -0.15) is 0 Å². The molecule has 0 aliphatic heterocycles. The number of rotatable bonds is 18. The summed E-state index contributed by atoms with van der Waals surface area (Å²) >= 11 is 0. The smallest absolute Gasteiger partial charge is 0.319 e. The molecule has 0 radical (unpaired) electrons. The van der Waals surface area contributed by atoms with Gasteiger partial charge in [0.2, 0.25) is 0 Å². The molecule has 0 saturated carbocycles. The normalized spacial score (nSPS) is 12.9. The summed E-state index contributed by atoms with van der Waals surface area (Å²) in [5, 5.41) is 10.7. The first-order chi connectivity index (χ1) is 22.1. The third-order valence-corrected chi connectivity index (χ3v) is 6.82. The molecule has 0 aromatic heterocycles. The van der Waals surface area contributed by atoms with Crippen LogP contribution in [0.4, 0.5) is 21.0 Å². The van der Waals surface area contributed by atoms with Crippen LogP contribution in [0.5, 0.6) is 0 Å². The Balaban J connectivity index is 2.92. The lowest BCUT2D eigenvalue weighted by Gasteiger charge is -2.22. The van der Waals surface area contributed by atoms with E-state index in [1.165, 1.54) is 6.07 Å². The molecule has 0 aliphatic carbocycles. The lowest BCUT2D eigenvalue weighted by atomic mass is 9.99. The maximum absolute atomic E-state index is 13.0. The van der Waals surface area contributed by atoms with E-state index in [1.54, 1.807) is 59.7 Å². The SMILES string of the molecule is CC(C)CCC(=O)[C@H](CCC(=O)OC(C)(C)C)NC(=O)Nc1cccc(NC(=O)N[C@@H](CCC(=O)OC(C)(C)C)C(=O)CCC(C)C)c1. The second kappa shape index (κ2) is 19.8. The van der Waals surface area contributed by atoms with Gasteiger partial charge in [0.1, 0.15) is 11.2 Å². The third-order valence-electron chi connectivity index (χ3n) is 6.82. The van der Waals surface area contributed by atoms with Crippen molar-refractivity contribution in [1.82, 2.24) is 10.6 Å². The second-order valence-corrected chi connectivity index (χ2v) is 14.9. The van der Waals surface area contributed by atoms with Crippen LogP contribution in [-0.4, -0.2) is 58.9 Å². The molecule has 2 atom stereocenters. The second-order valence-electron chi connectivity index (χ2n) is 14.9. The van der Waals surface area contributed by atoms with Gasteiger partial charge in [-0.3, -0.25) is 19.2 Å². The van der Waals surface area contributed by atoms with Crippen molar-refractivity contribution < 1.29 is 38.2 Å². The molecule has 4 N–H and O–H groups in total. The van der Waals surface area contributed by atoms with Gasteiger partial charge >= 0.3 is 24.0 Å². The first-order valence-corrected chi connectivity index (χ1v) is 16.9. The fourth-order valence-corrected chi connectivity index (χ4v) is 4.47. The van der Waals surface area contributed by atoms with Crippen molar-refractivity contribution in [3.05, 3.63) is 24.3 Å². The summed E-state index contributed by atoms with van der Waals surface area (Å²) in [6, 6.07) is 3.26. The molecule has 0 spiro atoms. The zero-order chi connectivity index (χ0) is 36.7. The fraction of sp³-hybridized carbons (Fsp3) is 0.667. The molecule has 0 aliphatic rings. The number of ketones is 2. The van der Waals surface area contributed by atoms with E-state index in [9.17, 15) is 28.8 Å². The summed E-state index contributed by atoms with van der Waals surface area (Å²) in [4.78, 5) is 76.4. The van der Waals surface area contributed by atoms with Gasteiger partial charge < -0.3 is 30.7 Å². The predicted octanol–water partition coefficient (Wildman–Crippen LogP) is 6.92. The lowest BCUT2D eigenvalue weighted by Crippen LogP contribution is -2.44. The van der Waals surface area contributed by atoms with Crippen LogP contribution in [0.2, 0.25) is 0 Å². The lowest BCUT2D eigenvalue weighted by molar-refractivity contribution is -0.156. The van der Waals surface area contributed by atoms with Crippen LogP contribution in [0.25, 0.3) is 0 Å². The number of nitrogens with one attached hydrogen (secondary N) is 4. The van der Waals surface area contributed by atoms with E-state index >= 15 is 0 Å². The van der Waals surface area contributed by atoms with Gasteiger partial charge in [-0.1, -0.05) is 33.8 Å². The van der Waals surface area contributed by atoms with Crippen molar-refractivity contribution in [2.24, 2.45) is 11.8 Å². The first kappa shape index (κ1) is 42.1. The third kappa shape index (κ3) is 19.6. The number of Topliss-reactive ketones (excluding diaryl/α,β-unsaturated/α-hetero) is 2. The summed E-state index contributed by atoms with van der Waals surface area (Å²) in [5.74, 6) is -0.702. The van der Waals surface area contributed by atoms with Gasteiger partial charge in [0.15, 0.2) is 11.6 Å². The Morgan fingerprint density at radius 1 is 0.583 bits per heavy atom. The Labute approximate surface area is 286 Å². The zero-order valence-electron chi connectivity index (χ0n) is 30.5. The molecule has 0 bridgehead atoms. The number of ether oxygens (including phenoxy) is 2. The highest BCUT2D eigenvalue weighted by atomic mass is 16.6. The minimum atomic E-state index is -0.894. The molecule has 0 heterocycles. The highest BCUT2D eigenvalue weighted by Crippen LogP contribution is 2.18. The Hall–Kier alpha value is -3.96. The van der Waals surface area contributed by atoms with Gasteiger partial charge in [0.05, 0.1) is 12.1 Å². The quantitative estimate of drug-likeness (QED) is 0.122. The number of hydrogen-bond acceptors (Lipinski definition) is 8. The number of hydrogen-bond donors (Lipinski definition) is 4. The number of anilines is 2. The number of amides is 4. The van der Waals surface area contributed by atoms with E-state index in [0.29, 0.717) is 36.1 Å². The van der Waals surface area contributed by atoms with Crippen molar-refractivity contribution in [3.63, 3.8) is 0 Å². The summed E-state index contributed by atoms with van der Waals surface area (Å²) in [6.07, 6.45) is 1.90. The molecule has 0 unspecified atom stereocenters. The molecule has 48 heavy (non-hydrogen) atoms. The van der Waals surface area contributed by atoms with E-state index in [1.807, 2.05) is 27.7 Å². The Morgan fingerprint density at radius 2 is 0.938 bits per heavy atom. The van der Waals surface area contributed by atoms with Crippen LogP contribution in [0.3, 0.4) is 0 Å². The first-order valence-electron chi connectivity index (χ1n) is 16.9. The van der Waals surface area contributed by atoms with Crippen LogP contribution < -0.4 is 21.3 Å². The average Bonchev–Trinajstić information content (AvgIpc) is 2.93. The molecule has 12 nitrogen and oxygen atoms in total. The van der Waals surface area contributed by atoms with Gasteiger partial charge in [-0.25, -0.2) is 9.59 Å². The van der Waals surface area contributed by atoms with Crippen molar-refractivity contribution in [2.75, 3.05) is 10.6 Å². The average molecular weight is 675 g/mol. The van der Waals surface area contributed by atoms with Crippen LogP contribution >= 0.6 is 0 Å². The summed E-state index contributed by atoms with van der Waals surface area (Å²) in [7, 11) is 0. The van der Waals surface area contributed by atoms with E-state index < -0.39 is 47.3 Å². The molecular weight excluding hydrogens is 616 g/mol. The van der Waals surface area contributed by atoms with Crippen LogP contribution in [0, 0.1) is 11.8 Å². The van der Waals surface area contributed by atoms with Crippen molar-refractivity contribution in [1.29, 1.82) is 0 Å². The molecule has 1 rings (SSSR count). The maximum atomic E-state index is 13.0. The standard InChI is InChI=1S/C36H58N4O8/c1-23(2)14-18-29(41)27(16-20-31(43)47-35(5,6)7)39-33(45)37-25-12-11-13-26(22-25)38-34(46)40-28(30(42)19-15-24(3)4)17-21-32(44)48-36(8,9)10/h11-13,22-24,27-28H,14-21H2,1-10H3,(H2,37,39,45)(H2,38,40,46)/t27-,28-/m0/s1. The molecule has 1 aromatic rings. The van der Waals surface area contributed by atoms with Crippen LogP contribution in [0.15, 0.2) is 24.3 Å². The van der Waals surface area contributed by atoms with Crippen molar-refractivity contribution in [3.8, 4) is 0 Å². The Morgan fingerprint density at radius 3 is 1.25 bits per heavy atom. The summed E-state index contributed by atoms with van der Waals surface area (Å²) in [6.45, 7) is 18.5. The van der Waals surface area contributed by atoms with Crippen LogP contribution in [0.1, 0.15) is 121 Å². The molecule has 0 fully saturated rings. The molecule has 0 saturated heterocycles. The Kier molecular flexibility index (Phi) is 17.3. The maximum Gasteiger partial charge on any atom is 0.319 e. The molecular formula is C36H58N4O8. The van der Waals surface area contributed by atoms with Crippen LogP contribution in [-0.2, 0) is 28.7 Å². The minimum Gasteiger partial charge on any atom is -0.460 e. The van der Waals surface area contributed by atoms with E-state index in [-0.39, 0.29) is 50.1 Å². The number of esters is 2. The summed E-state index contributed by atoms with van der Waals surface area (Å²) < 4.78 is 10.7. The number of urea groups is 2. The molecule has 1 aromatic carbocycles. The topological polar surface area (TPSA) is 169 Å².